The molecule has 0 radical (unpaired) electrons. The molecule has 0 fully saturated rings. The van der Waals surface area contributed by atoms with E-state index < -0.39 is 35.8 Å². The van der Waals surface area contributed by atoms with Crippen LogP contribution in [0.1, 0.15) is 31.2 Å². The van der Waals surface area contributed by atoms with Gasteiger partial charge in [0.25, 0.3) is 0 Å². The fraction of sp³-hybridized carbons (Fsp3) is 0.259. The van der Waals surface area contributed by atoms with Crippen molar-refractivity contribution in [3.05, 3.63) is 84.1 Å². The van der Waals surface area contributed by atoms with Gasteiger partial charge in [0.15, 0.2) is 17.2 Å². The minimum atomic E-state index is -5.06. The lowest BCUT2D eigenvalue weighted by Crippen LogP contribution is -2.47. The molecule has 0 amide bonds. The van der Waals surface area contributed by atoms with Gasteiger partial charge in [-0.2, -0.15) is 18.3 Å². The summed E-state index contributed by atoms with van der Waals surface area (Å²) in [6.07, 6.45) is -3.75. The molecule has 2 unspecified atom stereocenters. The van der Waals surface area contributed by atoms with Gasteiger partial charge in [0.1, 0.15) is 5.82 Å². The number of alkyl halides is 3. The molecule has 3 aromatic carbocycles. The highest BCUT2D eigenvalue weighted by atomic mass is 19.4. The number of fused-ring (bicyclic) bond motifs is 1. The molecule has 194 valence electrons. The third-order valence-electron chi connectivity index (χ3n) is 6.26. The summed E-state index contributed by atoms with van der Waals surface area (Å²) in [5, 5.41) is 15.5. The Morgan fingerprint density at radius 2 is 1.76 bits per heavy atom. The van der Waals surface area contributed by atoms with Gasteiger partial charge in [0, 0.05) is 17.2 Å². The molecule has 10 heteroatoms. The molecular weight excluding hydrogens is 493 g/mol. The Bertz CT molecular complexity index is 1420. The Labute approximate surface area is 209 Å². The number of aliphatic hydroxyl groups is 1. The summed E-state index contributed by atoms with van der Waals surface area (Å²) in [5.74, 6) is -2.15. The average molecular weight is 517 g/mol. The van der Waals surface area contributed by atoms with Crippen LogP contribution in [0.25, 0.3) is 16.6 Å². The minimum Gasteiger partial charge on any atom is -0.493 e. The molecule has 0 spiro atoms. The minimum absolute atomic E-state index is 0.157. The summed E-state index contributed by atoms with van der Waals surface area (Å²) in [4.78, 5) is 4.02. The van der Waals surface area contributed by atoms with Gasteiger partial charge in [-0.05, 0) is 61.2 Å². The zero-order chi connectivity index (χ0) is 26.8. The first-order chi connectivity index (χ1) is 17.6. The van der Waals surface area contributed by atoms with Crippen LogP contribution >= 0.6 is 0 Å². The summed E-state index contributed by atoms with van der Waals surface area (Å²) in [7, 11) is 1.23. The maximum Gasteiger partial charge on any atom is 0.422 e. The Kier molecular flexibility index (Phi) is 7.31. The molecule has 5 nitrogen and oxygen atoms in total. The smallest absolute Gasteiger partial charge is 0.422 e. The van der Waals surface area contributed by atoms with Crippen LogP contribution in [-0.2, 0) is 0 Å². The van der Waals surface area contributed by atoms with Crippen LogP contribution in [0.4, 0.5) is 27.6 Å². The number of aliphatic imine (C=N–C) groups is 1. The van der Waals surface area contributed by atoms with E-state index in [1.807, 2.05) is 0 Å². The third-order valence-corrected chi connectivity index (χ3v) is 6.26. The van der Waals surface area contributed by atoms with Crippen LogP contribution in [0, 0.1) is 11.6 Å². The van der Waals surface area contributed by atoms with Gasteiger partial charge in [-0.15, -0.1) is 0 Å². The van der Waals surface area contributed by atoms with Gasteiger partial charge in [-0.1, -0.05) is 25.1 Å². The van der Waals surface area contributed by atoms with Crippen LogP contribution in [0.15, 0.2) is 71.9 Å². The number of halogens is 5. The Morgan fingerprint density at radius 1 is 1.05 bits per heavy atom. The number of hydrogen-bond acceptors (Lipinski definition) is 4. The molecule has 1 aromatic heterocycles. The van der Waals surface area contributed by atoms with Crippen molar-refractivity contribution in [2.24, 2.45) is 4.99 Å². The van der Waals surface area contributed by atoms with Crippen LogP contribution in [-0.4, -0.2) is 40.0 Å². The van der Waals surface area contributed by atoms with E-state index in [0.29, 0.717) is 22.8 Å². The van der Waals surface area contributed by atoms with E-state index in [4.69, 9.17) is 4.74 Å². The number of methoxy groups -OCH3 is 1. The van der Waals surface area contributed by atoms with E-state index in [0.717, 1.165) is 6.07 Å². The first-order valence-corrected chi connectivity index (χ1v) is 11.5. The normalized spacial score (nSPS) is 14.7. The molecule has 0 saturated heterocycles. The van der Waals surface area contributed by atoms with Gasteiger partial charge in [-0.25, -0.2) is 13.5 Å². The fourth-order valence-corrected chi connectivity index (χ4v) is 4.27. The second-order valence-electron chi connectivity index (χ2n) is 8.59. The second-order valence-corrected chi connectivity index (χ2v) is 8.59. The quantitative estimate of drug-likeness (QED) is 0.205. The van der Waals surface area contributed by atoms with Gasteiger partial charge in [-0.3, -0.25) is 4.99 Å². The van der Waals surface area contributed by atoms with Crippen molar-refractivity contribution in [1.29, 1.82) is 0 Å². The molecule has 2 atom stereocenters. The van der Waals surface area contributed by atoms with E-state index in [1.165, 1.54) is 60.5 Å². The number of nitrogens with zero attached hydrogens (tertiary/aromatic N) is 3. The van der Waals surface area contributed by atoms with E-state index in [2.05, 4.69) is 10.1 Å². The summed E-state index contributed by atoms with van der Waals surface area (Å²) in [5.41, 5.74) is -1.83. The third kappa shape index (κ3) is 5.20. The molecule has 1 heterocycles. The first-order valence-electron chi connectivity index (χ1n) is 11.5. The highest BCUT2D eigenvalue weighted by molar-refractivity contribution is 5.92. The highest BCUT2D eigenvalue weighted by Crippen LogP contribution is 2.42. The lowest BCUT2D eigenvalue weighted by Gasteiger charge is -2.31. The Hall–Kier alpha value is -3.79. The maximum atomic E-state index is 14.2. The molecule has 0 saturated carbocycles. The molecule has 0 aliphatic rings. The highest BCUT2D eigenvalue weighted by Gasteiger charge is 2.53. The number of benzene rings is 3. The molecule has 4 rings (SSSR count). The largest absolute Gasteiger partial charge is 0.493 e. The summed E-state index contributed by atoms with van der Waals surface area (Å²) >= 11 is 0. The van der Waals surface area contributed by atoms with E-state index in [-0.39, 0.29) is 23.4 Å². The fourth-order valence-electron chi connectivity index (χ4n) is 4.27. The summed E-state index contributed by atoms with van der Waals surface area (Å²) in [6, 6.07) is 14.4. The Morgan fingerprint density at radius 3 is 2.41 bits per heavy atom. The molecular formula is C27H24F5N3O2. The standard InChI is InChI=1S/C27H24F5N3O2/c1-3-17(20-6-4-7-22(29)25(20)37-2)14-26(36,27(30,31)32)16-33-23-8-5-9-24-21(23)15-34-35(24)19-12-10-18(28)11-13-19/h4-13,15-17,36H,3,14H2,1-2H3/b33-16-. The summed E-state index contributed by atoms with van der Waals surface area (Å²) < 4.78 is 76.6. The van der Waals surface area contributed by atoms with Crippen LogP contribution in [0.5, 0.6) is 5.75 Å². The first kappa shape index (κ1) is 26.3. The van der Waals surface area contributed by atoms with Crippen molar-refractivity contribution in [2.75, 3.05) is 7.11 Å². The lowest BCUT2D eigenvalue weighted by atomic mass is 9.84. The molecule has 4 aromatic rings. The van der Waals surface area contributed by atoms with Crippen molar-refractivity contribution in [2.45, 2.75) is 37.5 Å². The number of hydrogen-bond donors (Lipinski definition) is 1. The van der Waals surface area contributed by atoms with Crippen molar-refractivity contribution in [3.8, 4) is 11.4 Å². The monoisotopic (exact) mass is 517 g/mol. The molecule has 0 bridgehead atoms. The average Bonchev–Trinajstić information content (AvgIpc) is 3.30. The van der Waals surface area contributed by atoms with Crippen LogP contribution in [0.3, 0.4) is 0 Å². The van der Waals surface area contributed by atoms with E-state index in [1.54, 1.807) is 19.1 Å². The van der Waals surface area contributed by atoms with Crippen LogP contribution in [0.2, 0.25) is 0 Å². The predicted molar refractivity (Wildman–Crippen MR) is 131 cm³/mol. The summed E-state index contributed by atoms with van der Waals surface area (Å²) in [6.45, 7) is 1.65. The molecule has 0 aliphatic heterocycles. The molecule has 0 aliphatic carbocycles. The van der Waals surface area contributed by atoms with Gasteiger partial charge >= 0.3 is 6.18 Å². The zero-order valence-electron chi connectivity index (χ0n) is 20.0. The number of rotatable bonds is 8. The zero-order valence-corrected chi connectivity index (χ0v) is 20.0. The SMILES string of the molecule is CCC(CC(O)(/C=N\c1cccc2c1cnn2-c1ccc(F)cc1)C(F)(F)F)c1cccc(F)c1OC. The van der Waals surface area contributed by atoms with Crippen molar-refractivity contribution >= 4 is 22.8 Å². The number of para-hydroxylation sites is 1. The molecule has 1 N–H and O–H groups in total. The van der Waals surface area contributed by atoms with E-state index in [9.17, 15) is 27.1 Å². The molecule has 37 heavy (non-hydrogen) atoms. The maximum absolute atomic E-state index is 14.2. The Balaban J connectivity index is 1.71. The number of aromatic nitrogens is 2. The topological polar surface area (TPSA) is 59.6 Å². The van der Waals surface area contributed by atoms with Gasteiger partial charge in [0.2, 0.25) is 0 Å². The second kappa shape index (κ2) is 10.3. The lowest BCUT2D eigenvalue weighted by molar-refractivity contribution is -0.232. The predicted octanol–water partition coefficient (Wildman–Crippen LogP) is 6.89. The van der Waals surface area contributed by atoms with Crippen molar-refractivity contribution < 1.29 is 31.8 Å². The van der Waals surface area contributed by atoms with Gasteiger partial charge < -0.3 is 9.84 Å². The van der Waals surface area contributed by atoms with Gasteiger partial charge in [0.05, 0.1) is 30.2 Å². The van der Waals surface area contributed by atoms with Crippen LogP contribution < -0.4 is 4.74 Å². The number of ether oxygens (including phenoxy) is 1. The van der Waals surface area contributed by atoms with Crippen molar-refractivity contribution in [1.82, 2.24) is 9.78 Å². The van der Waals surface area contributed by atoms with Crippen molar-refractivity contribution in [3.63, 3.8) is 0 Å². The van der Waals surface area contributed by atoms with E-state index >= 15 is 0 Å².